The number of imidazole rings is 2. The van der Waals surface area contributed by atoms with Crippen molar-refractivity contribution in [3.8, 4) is 0 Å². The Morgan fingerprint density at radius 2 is 1.00 bits per heavy atom. The van der Waals surface area contributed by atoms with Crippen LogP contribution in [0.25, 0.3) is 22.1 Å². The van der Waals surface area contributed by atoms with Gasteiger partial charge in [-0.2, -0.15) is 0 Å². The molecule has 0 aliphatic rings. The van der Waals surface area contributed by atoms with E-state index in [9.17, 15) is 0 Å². The maximum absolute atomic E-state index is 8.25. The Labute approximate surface area is 185 Å². The number of nitrogens with one attached hydrogen (secondary N) is 2. The van der Waals surface area contributed by atoms with E-state index < -0.39 is 10.2 Å². The summed E-state index contributed by atoms with van der Waals surface area (Å²) in [6, 6.07) is 15.8. The smallest absolute Gasteiger partial charge is 0.356 e. The van der Waals surface area contributed by atoms with Gasteiger partial charge in [-0.3, -0.25) is 0 Å². The maximum Gasteiger partial charge on any atom is 2.00 e. The van der Waals surface area contributed by atoms with Crippen molar-refractivity contribution in [3.63, 3.8) is 0 Å². The molecule has 6 N–H and O–H groups in total. The molecule has 0 unspecified atom stereocenters. The molecule has 0 atom stereocenters. The number of para-hydroxylation sites is 4. The molecular formula is C16H18CuN8O6. The van der Waals surface area contributed by atoms with E-state index >= 15 is 0 Å². The van der Waals surface area contributed by atoms with Gasteiger partial charge in [-0.1, -0.05) is 24.3 Å². The Bertz CT molecular complexity index is 926. The predicted molar refractivity (Wildman–Crippen MR) is 109 cm³/mol. The van der Waals surface area contributed by atoms with Gasteiger partial charge in [-0.25, -0.2) is 9.97 Å². The van der Waals surface area contributed by atoms with Crippen LogP contribution in [0.3, 0.4) is 0 Å². The maximum atomic E-state index is 8.25. The zero-order valence-corrected chi connectivity index (χ0v) is 16.7. The molecule has 169 valence electrons. The summed E-state index contributed by atoms with van der Waals surface area (Å²) in [5.74, 6) is 1.68. The Morgan fingerprint density at radius 3 is 1.26 bits per heavy atom. The minimum absolute atomic E-state index is 0. The molecule has 0 aliphatic heterocycles. The monoisotopic (exact) mass is 481 g/mol. The van der Waals surface area contributed by atoms with Gasteiger partial charge in [0.25, 0.3) is 0 Å². The second kappa shape index (κ2) is 14.2. The van der Waals surface area contributed by atoms with Crippen LogP contribution in [0.15, 0.2) is 48.5 Å². The number of benzene rings is 2. The van der Waals surface area contributed by atoms with Crippen molar-refractivity contribution >= 4 is 22.1 Å². The van der Waals surface area contributed by atoms with Crippen LogP contribution >= 0.6 is 0 Å². The molecule has 0 saturated carbocycles. The van der Waals surface area contributed by atoms with E-state index in [4.69, 9.17) is 42.1 Å². The van der Waals surface area contributed by atoms with E-state index in [0.717, 1.165) is 33.7 Å². The quantitative estimate of drug-likeness (QED) is 0.183. The van der Waals surface area contributed by atoms with Crippen molar-refractivity contribution < 1.29 is 27.2 Å². The Morgan fingerprint density at radius 1 is 0.710 bits per heavy atom. The van der Waals surface area contributed by atoms with E-state index in [1.54, 1.807) is 0 Å². The first-order valence-corrected chi connectivity index (χ1v) is 8.17. The molecule has 4 aromatic rings. The standard InChI is InChI=1S/2C8H9N3.Cu.2NO3/c2*9-5-8-10-6-3-1-2-4-7(6)11-8;;2*2-1(3)4/h2*1-4H,5,9H2,(H,10,11);;;/q;;+2;2*-1. The summed E-state index contributed by atoms with van der Waals surface area (Å²) in [6.45, 7) is 0.934. The second-order valence-corrected chi connectivity index (χ2v) is 5.26. The molecule has 31 heavy (non-hydrogen) atoms. The molecule has 0 fully saturated rings. The van der Waals surface area contributed by atoms with Crippen LogP contribution in [0.5, 0.6) is 0 Å². The van der Waals surface area contributed by atoms with E-state index in [1.165, 1.54) is 0 Å². The van der Waals surface area contributed by atoms with Crippen molar-refractivity contribution in [3.05, 3.63) is 90.8 Å². The second-order valence-electron chi connectivity index (χ2n) is 5.26. The van der Waals surface area contributed by atoms with E-state index in [1.807, 2.05) is 48.5 Å². The average Bonchev–Trinajstić information content (AvgIpc) is 3.30. The minimum atomic E-state index is -1.75. The molecule has 15 heteroatoms. The van der Waals surface area contributed by atoms with Gasteiger partial charge < -0.3 is 52.1 Å². The molecule has 2 heterocycles. The molecule has 1 radical (unpaired) electrons. The number of H-pyrrole nitrogens is 2. The average molecular weight is 482 g/mol. The van der Waals surface area contributed by atoms with Gasteiger partial charge in [0.15, 0.2) is 0 Å². The fourth-order valence-electron chi connectivity index (χ4n) is 2.20. The summed E-state index contributed by atoms with van der Waals surface area (Å²) in [6.07, 6.45) is 0. The minimum Gasteiger partial charge on any atom is -0.356 e. The summed E-state index contributed by atoms with van der Waals surface area (Å²) in [5, 5.41) is 29.5. The topological polar surface area (TPSA) is 242 Å². The van der Waals surface area contributed by atoms with Gasteiger partial charge in [-0.15, -0.1) is 0 Å². The summed E-state index contributed by atoms with van der Waals surface area (Å²) in [7, 11) is 0. The molecule has 0 aliphatic carbocycles. The number of nitrogens with zero attached hydrogens (tertiary/aromatic N) is 4. The first kappa shape index (κ1) is 27.2. The zero-order valence-electron chi connectivity index (χ0n) is 15.7. The molecule has 0 bridgehead atoms. The Hall–Kier alpha value is -3.78. The number of rotatable bonds is 2. The molecule has 2 aromatic carbocycles. The van der Waals surface area contributed by atoms with Crippen LogP contribution in [0.2, 0.25) is 0 Å². The van der Waals surface area contributed by atoms with Crippen LogP contribution in [-0.4, -0.2) is 30.1 Å². The summed E-state index contributed by atoms with van der Waals surface area (Å²) in [4.78, 5) is 31.2. The Balaban J connectivity index is 0.000000427. The fourth-order valence-corrected chi connectivity index (χ4v) is 2.20. The third kappa shape index (κ3) is 10.5. The number of aromatic nitrogens is 4. The van der Waals surface area contributed by atoms with Crippen molar-refractivity contribution in [1.29, 1.82) is 0 Å². The van der Waals surface area contributed by atoms with Gasteiger partial charge in [0.1, 0.15) is 11.6 Å². The zero-order chi connectivity index (χ0) is 22.5. The molecule has 0 spiro atoms. The van der Waals surface area contributed by atoms with Crippen LogP contribution in [0.4, 0.5) is 0 Å². The SMILES string of the molecule is NCc1nc2ccccc2[nH]1.NCc1nc2ccccc2[nH]1.O=[N+]([O-])[O-].O=[N+]([O-])[O-].[Cu+2]. The van der Waals surface area contributed by atoms with Gasteiger partial charge in [-0.05, 0) is 24.3 Å². The molecule has 2 aromatic heterocycles. The predicted octanol–water partition coefficient (Wildman–Crippen LogP) is 1.56. The first-order valence-electron chi connectivity index (χ1n) is 8.17. The summed E-state index contributed by atoms with van der Waals surface area (Å²) >= 11 is 0. The van der Waals surface area contributed by atoms with Crippen molar-refractivity contribution in [1.82, 2.24) is 19.9 Å². The van der Waals surface area contributed by atoms with Crippen LogP contribution < -0.4 is 11.5 Å². The number of hydrogen-bond acceptors (Lipinski definition) is 10. The van der Waals surface area contributed by atoms with Gasteiger partial charge in [0, 0.05) is 0 Å². The van der Waals surface area contributed by atoms with Gasteiger partial charge in [0.2, 0.25) is 0 Å². The molecule has 0 amide bonds. The van der Waals surface area contributed by atoms with E-state index in [2.05, 4.69) is 19.9 Å². The normalized spacial score (nSPS) is 9.10. The summed E-state index contributed by atoms with van der Waals surface area (Å²) in [5.41, 5.74) is 14.9. The first-order chi connectivity index (χ1) is 14.3. The van der Waals surface area contributed by atoms with E-state index in [0.29, 0.717) is 13.1 Å². The number of nitrogens with two attached hydrogens (primary N) is 2. The number of hydrogen-bond donors (Lipinski definition) is 4. The summed E-state index contributed by atoms with van der Waals surface area (Å²) < 4.78 is 0. The number of fused-ring (bicyclic) bond motifs is 2. The fraction of sp³-hybridized carbons (Fsp3) is 0.125. The van der Waals surface area contributed by atoms with Crippen LogP contribution in [0, 0.1) is 30.6 Å². The Kier molecular flexibility index (Phi) is 12.5. The van der Waals surface area contributed by atoms with Crippen LogP contribution in [0.1, 0.15) is 11.6 Å². The molecule has 4 rings (SSSR count). The largest absolute Gasteiger partial charge is 2.00 e. The third-order valence-corrected chi connectivity index (χ3v) is 3.26. The van der Waals surface area contributed by atoms with Gasteiger partial charge in [0.05, 0.1) is 45.3 Å². The van der Waals surface area contributed by atoms with Crippen molar-refractivity contribution in [2.24, 2.45) is 11.5 Å². The van der Waals surface area contributed by atoms with Crippen molar-refractivity contribution in [2.45, 2.75) is 13.1 Å². The molecular weight excluding hydrogens is 464 g/mol. The van der Waals surface area contributed by atoms with Crippen LogP contribution in [-0.2, 0) is 30.2 Å². The van der Waals surface area contributed by atoms with E-state index in [-0.39, 0.29) is 17.1 Å². The molecule has 0 saturated heterocycles. The third-order valence-electron chi connectivity index (χ3n) is 3.26. The number of aromatic amines is 2. The van der Waals surface area contributed by atoms with Gasteiger partial charge >= 0.3 is 17.1 Å². The molecule has 14 nitrogen and oxygen atoms in total. The van der Waals surface area contributed by atoms with Crippen molar-refractivity contribution in [2.75, 3.05) is 0 Å².